The molecule has 0 aromatic rings. The SMILES string of the molecule is C.CC(=O)[C@H]1C[C@@H](C)[C@H]2[C@@H]3CC[C@@H]4C[C@](C)(O)CC[C@@H]4[C@H]3CC[C@@]21C.CC(O)[C@H]1C[C@@H](C)[C@H]2[C@@H]3CC[C@@H]4C[C@](C)(O)CC[C@@H]4[C@H]3CC[C@@]21C.CPC. The molecule has 0 bridgehead atoms. The van der Waals surface area contributed by atoms with Gasteiger partial charge in [0.15, 0.2) is 0 Å². The fourth-order valence-corrected chi connectivity index (χ4v) is 16.7. The highest BCUT2D eigenvalue weighted by atomic mass is 31.1. The number of hydrogen-bond donors (Lipinski definition) is 3. The van der Waals surface area contributed by atoms with E-state index in [-0.39, 0.29) is 18.9 Å². The topological polar surface area (TPSA) is 77.8 Å². The molecule has 8 saturated carbocycles. The minimum absolute atomic E-state index is 0. The van der Waals surface area contributed by atoms with Crippen molar-refractivity contribution < 1.29 is 20.1 Å². The van der Waals surface area contributed by atoms with Crippen molar-refractivity contribution in [3.63, 3.8) is 0 Å². The predicted octanol–water partition coefficient (Wildman–Crippen LogP) is 11.0. The first-order chi connectivity index (χ1) is 23.9. The average molecular weight is 745 g/mol. The molecule has 0 aromatic carbocycles. The Morgan fingerprint density at radius 3 is 1.48 bits per heavy atom. The molecule has 3 N–H and O–H groups in total. The number of carbonyl (C=O) groups excluding carboxylic acids is 1. The van der Waals surface area contributed by atoms with Gasteiger partial charge in [-0.25, -0.2) is 0 Å². The second-order valence-electron chi connectivity index (χ2n) is 21.7. The maximum Gasteiger partial charge on any atom is 0.133 e. The Morgan fingerprint density at radius 1 is 0.635 bits per heavy atom. The first kappa shape index (κ1) is 43.1. The second-order valence-corrected chi connectivity index (χ2v) is 22.7. The standard InChI is InChI=1S/C22H38O2.C22H36O2.C2H7P.CH4/c2*1-13-11-19(14(2)23)22(4)10-8-17-16-7-9-21(3,24)12-15(16)5-6-18(17)20(13)22;1-3-2;/h13-20,23-24H,5-12H2,1-4H3;13,15-20,24H,5-12H2,1-4H3;3H,1-2H3;1H4/t13-,14?,15-,16+,17-,18-,19-,20+,21-,22-;13-,15-,16+,17-,18-,19-,20+,21-,22-;;/m11../s1. The highest BCUT2D eigenvalue weighted by Gasteiger charge is 2.62. The van der Waals surface area contributed by atoms with E-state index in [1.807, 2.05) is 20.8 Å². The van der Waals surface area contributed by atoms with Crippen molar-refractivity contribution in [1.29, 1.82) is 0 Å². The molecule has 19 atom stereocenters. The molecule has 1 unspecified atom stereocenters. The molecular formula is C47H85O4P. The lowest BCUT2D eigenvalue weighted by Gasteiger charge is -2.57. The maximum absolute atomic E-state index is 12.3. The Bertz CT molecular complexity index is 1210. The molecule has 0 radical (unpaired) electrons. The van der Waals surface area contributed by atoms with E-state index in [4.69, 9.17) is 0 Å². The van der Waals surface area contributed by atoms with Crippen LogP contribution in [0.15, 0.2) is 0 Å². The van der Waals surface area contributed by atoms with Crippen LogP contribution in [0.3, 0.4) is 0 Å². The third kappa shape index (κ3) is 7.80. The van der Waals surface area contributed by atoms with Crippen molar-refractivity contribution in [2.24, 2.45) is 93.7 Å². The lowest BCUT2D eigenvalue weighted by Crippen LogP contribution is -2.51. The summed E-state index contributed by atoms with van der Waals surface area (Å²) in [7, 11) is 1.08. The predicted molar refractivity (Wildman–Crippen MR) is 221 cm³/mol. The van der Waals surface area contributed by atoms with E-state index in [0.717, 1.165) is 106 Å². The van der Waals surface area contributed by atoms with Crippen LogP contribution < -0.4 is 0 Å². The summed E-state index contributed by atoms with van der Waals surface area (Å²) in [6, 6.07) is 0. The maximum atomic E-state index is 12.3. The van der Waals surface area contributed by atoms with Crippen molar-refractivity contribution in [1.82, 2.24) is 0 Å². The van der Waals surface area contributed by atoms with E-state index in [9.17, 15) is 20.1 Å². The minimum Gasteiger partial charge on any atom is -0.393 e. The van der Waals surface area contributed by atoms with Gasteiger partial charge in [-0.1, -0.05) is 35.1 Å². The summed E-state index contributed by atoms with van der Waals surface area (Å²) in [6.45, 7) is 22.1. The molecule has 8 aliphatic rings. The van der Waals surface area contributed by atoms with Gasteiger partial charge in [0, 0.05) is 5.92 Å². The number of carbonyl (C=O) groups is 1. The van der Waals surface area contributed by atoms with Gasteiger partial charge in [-0.05, 0) is 232 Å². The smallest absolute Gasteiger partial charge is 0.133 e. The van der Waals surface area contributed by atoms with E-state index >= 15 is 0 Å². The van der Waals surface area contributed by atoms with Gasteiger partial charge in [-0.3, -0.25) is 4.79 Å². The van der Waals surface area contributed by atoms with E-state index < -0.39 is 11.2 Å². The molecule has 5 heteroatoms. The Balaban J connectivity index is 0.000000184. The summed E-state index contributed by atoms with van der Waals surface area (Å²) >= 11 is 0. The van der Waals surface area contributed by atoms with Gasteiger partial charge in [0.2, 0.25) is 0 Å². The van der Waals surface area contributed by atoms with Crippen molar-refractivity contribution in [2.45, 2.75) is 183 Å². The van der Waals surface area contributed by atoms with E-state index in [0.29, 0.717) is 29.0 Å². The number of fused-ring (bicyclic) bond motifs is 10. The summed E-state index contributed by atoms with van der Waals surface area (Å²) in [5.74, 6) is 11.0. The molecule has 0 saturated heterocycles. The van der Waals surface area contributed by atoms with Crippen molar-refractivity contribution in [3.05, 3.63) is 0 Å². The third-order valence-corrected chi connectivity index (χ3v) is 18.2. The average Bonchev–Trinajstić information content (AvgIpc) is 3.49. The number of ketones is 1. The van der Waals surface area contributed by atoms with Crippen LogP contribution in [0.25, 0.3) is 0 Å². The first-order valence-electron chi connectivity index (χ1n) is 22.1. The van der Waals surface area contributed by atoms with Gasteiger partial charge in [0.05, 0.1) is 17.3 Å². The van der Waals surface area contributed by atoms with Crippen LogP contribution in [0, 0.1) is 93.7 Å². The molecule has 8 rings (SSSR count). The summed E-state index contributed by atoms with van der Waals surface area (Å²) < 4.78 is 0. The molecule has 8 fully saturated rings. The number of hydrogen-bond acceptors (Lipinski definition) is 4. The van der Waals surface area contributed by atoms with Gasteiger partial charge < -0.3 is 15.3 Å². The fourth-order valence-electron chi connectivity index (χ4n) is 16.7. The zero-order valence-electron chi connectivity index (χ0n) is 34.7. The molecule has 0 amide bonds. The molecule has 52 heavy (non-hydrogen) atoms. The Hall–Kier alpha value is -0.0200. The van der Waals surface area contributed by atoms with E-state index in [2.05, 4.69) is 47.9 Å². The number of aliphatic hydroxyl groups is 3. The van der Waals surface area contributed by atoms with Gasteiger partial charge >= 0.3 is 0 Å². The highest BCUT2D eigenvalue weighted by Crippen LogP contribution is 2.68. The van der Waals surface area contributed by atoms with Crippen LogP contribution in [-0.2, 0) is 4.79 Å². The third-order valence-electron chi connectivity index (χ3n) is 18.2. The van der Waals surface area contributed by atoms with Gasteiger partial charge in [0.25, 0.3) is 0 Å². The fraction of sp³-hybridized carbons (Fsp3) is 0.979. The lowest BCUT2D eigenvalue weighted by molar-refractivity contribution is -0.131. The van der Waals surface area contributed by atoms with Crippen LogP contribution in [0.4, 0.5) is 0 Å². The quantitative estimate of drug-likeness (QED) is 0.246. The summed E-state index contributed by atoms with van der Waals surface area (Å²) in [5.41, 5.74) is -0.200. The lowest BCUT2D eigenvalue weighted by atomic mass is 9.48. The zero-order valence-corrected chi connectivity index (χ0v) is 35.7. The molecule has 0 heterocycles. The molecule has 0 spiro atoms. The summed E-state index contributed by atoms with van der Waals surface area (Å²) in [6.07, 6.45) is 19.4. The molecule has 0 aliphatic heterocycles. The molecule has 302 valence electrons. The molecule has 4 nitrogen and oxygen atoms in total. The monoisotopic (exact) mass is 745 g/mol. The number of rotatable bonds is 2. The molecular weight excluding hydrogens is 659 g/mol. The zero-order chi connectivity index (χ0) is 37.3. The van der Waals surface area contributed by atoms with E-state index in [1.165, 1.54) is 70.6 Å². The van der Waals surface area contributed by atoms with E-state index in [1.54, 1.807) is 0 Å². The second kappa shape index (κ2) is 16.1. The van der Waals surface area contributed by atoms with Crippen LogP contribution in [0.2, 0.25) is 0 Å². The Labute approximate surface area is 323 Å². The van der Waals surface area contributed by atoms with Gasteiger partial charge in [-0.2, -0.15) is 0 Å². The normalized spacial score (nSPS) is 53.6. The van der Waals surface area contributed by atoms with Crippen LogP contribution >= 0.6 is 8.58 Å². The minimum atomic E-state index is -0.419. The highest BCUT2D eigenvalue weighted by molar-refractivity contribution is 7.35. The van der Waals surface area contributed by atoms with Gasteiger partial charge in [-0.15, -0.1) is 8.58 Å². The van der Waals surface area contributed by atoms with Crippen LogP contribution in [-0.4, -0.2) is 51.7 Å². The number of aliphatic hydroxyl groups excluding tert-OH is 1. The Morgan fingerprint density at radius 2 is 1.04 bits per heavy atom. The van der Waals surface area contributed by atoms with Crippen molar-refractivity contribution in [3.8, 4) is 0 Å². The summed E-state index contributed by atoms with van der Waals surface area (Å²) in [4.78, 5) is 12.3. The Kier molecular flexibility index (Phi) is 13.3. The van der Waals surface area contributed by atoms with Crippen LogP contribution in [0.5, 0.6) is 0 Å². The number of Topliss-reactive ketones (excluding diaryl/α,β-unsaturated/α-hetero) is 1. The van der Waals surface area contributed by atoms with Crippen LogP contribution in [0.1, 0.15) is 166 Å². The largest absolute Gasteiger partial charge is 0.393 e. The molecule has 0 aromatic heterocycles. The summed E-state index contributed by atoms with van der Waals surface area (Å²) in [5, 5.41) is 31.4. The van der Waals surface area contributed by atoms with Crippen molar-refractivity contribution >= 4 is 14.4 Å². The van der Waals surface area contributed by atoms with Crippen molar-refractivity contribution in [2.75, 3.05) is 13.3 Å². The first-order valence-corrected chi connectivity index (χ1v) is 24.1. The molecule has 8 aliphatic carbocycles. The van der Waals surface area contributed by atoms with Gasteiger partial charge in [0.1, 0.15) is 5.78 Å².